The highest BCUT2D eigenvalue weighted by atomic mass is 16.4. The lowest BCUT2D eigenvalue weighted by molar-refractivity contribution is -0.140. The lowest BCUT2D eigenvalue weighted by Crippen LogP contribution is -2.38. The molecule has 100 valence electrons. The van der Waals surface area contributed by atoms with Gasteiger partial charge in [-0.3, -0.25) is 10.1 Å². The number of rotatable bonds is 7. The van der Waals surface area contributed by atoms with Gasteiger partial charge in [0.1, 0.15) is 18.2 Å². The van der Waals surface area contributed by atoms with Crippen LogP contribution in [-0.2, 0) is 17.9 Å². The Bertz CT molecular complexity index is 412. The molecular weight excluding hydrogens is 232 g/mol. The van der Waals surface area contributed by atoms with E-state index in [4.69, 9.17) is 5.11 Å². The molecule has 1 heterocycles. The molecule has 0 saturated heterocycles. The van der Waals surface area contributed by atoms with Gasteiger partial charge in [-0.25, -0.2) is 9.67 Å². The Hall–Kier alpha value is -1.43. The van der Waals surface area contributed by atoms with E-state index >= 15 is 0 Å². The molecule has 1 aromatic rings. The van der Waals surface area contributed by atoms with E-state index < -0.39 is 12.0 Å². The summed E-state index contributed by atoms with van der Waals surface area (Å²) in [4.78, 5) is 15.3. The van der Waals surface area contributed by atoms with Crippen molar-refractivity contribution >= 4 is 5.97 Å². The van der Waals surface area contributed by atoms with Crippen molar-refractivity contribution in [2.24, 2.45) is 11.8 Å². The summed E-state index contributed by atoms with van der Waals surface area (Å²) in [7, 11) is 0. The molecule has 1 aromatic heterocycles. The van der Waals surface area contributed by atoms with Crippen LogP contribution in [0.5, 0.6) is 0 Å². The Morgan fingerprint density at radius 3 is 2.89 bits per heavy atom. The second-order valence-corrected chi connectivity index (χ2v) is 5.29. The van der Waals surface area contributed by atoms with E-state index in [-0.39, 0.29) is 5.92 Å². The second-order valence-electron chi connectivity index (χ2n) is 5.29. The molecule has 0 amide bonds. The number of nitrogens with zero attached hydrogens (tertiary/aromatic N) is 3. The fraction of sp³-hybridized carbons (Fsp3) is 0.750. The predicted octanol–water partition coefficient (Wildman–Crippen LogP) is 0.887. The molecule has 6 heteroatoms. The van der Waals surface area contributed by atoms with Crippen molar-refractivity contribution in [3.63, 3.8) is 0 Å². The van der Waals surface area contributed by atoms with E-state index in [1.165, 1.54) is 6.33 Å². The van der Waals surface area contributed by atoms with Gasteiger partial charge < -0.3 is 5.11 Å². The highest BCUT2D eigenvalue weighted by molar-refractivity contribution is 5.74. The number of carbonyl (C=O) groups is 1. The largest absolute Gasteiger partial charge is 0.480 e. The van der Waals surface area contributed by atoms with Crippen LogP contribution in [0.25, 0.3) is 0 Å². The van der Waals surface area contributed by atoms with Gasteiger partial charge in [0, 0.05) is 6.54 Å². The van der Waals surface area contributed by atoms with Gasteiger partial charge in [0.25, 0.3) is 0 Å². The number of carboxylic acids is 1. The van der Waals surface area contributed by atoms with Crippen LogP contribution in [0.3, 0.4) is 0 Å². The summed E-state index contributed by atoms with van der Waals surface area (Å²) in [6.45, 7) is 5.49. The van der Waals surface area contributed by atoms with Crippen LogP contribution in [0.2, 0.25) is 0 Å². The Labute approximate surface area is 106 Å². The molecule has 1 aliphatic carbocycles. The number of aliphatic carboxylic acids is 1. The first kappa shape index (κ1) is 13.0. The molecule has 0 aromatic carbocycles. The van der Waals surface area contributed by atoms with Gasteiger partial charge >= 0.3 is 5.97 Å². The molecule has 2 N–H and O–H groups in total. The van der Waals surface area contributed by atoms with Gasteiger partial charge in [0.2, 0.25) is 0 Å². The molecule has 1 aliphatic rings. The minimum absolute atomic E-state index is 0.281. The first-order valence-electron chi connectivity index (χ1n) is 6.40. The van der Waals surface area contributed by atoms with E-state index in [0.717, 1.165) is 25.2 Å². The summed E-state index contributed by atoms with van der Waals surface area (Å²) in [5.74, 6) is 0.802. The van der Waals surface area contributed by atoms with Crippen molar-refractivity contribution in [1.29, 1.82) is 0 Å². The number of nitrogens with one attached hydrogen (secondary N) is 1. The minimum atomic E-state index is -0.771. The number of hydrogen-bond acceptors (Lipinski definition) is 4. The maximum absolute atomic E-state index is 11.1. The van der Waals surface area contributed by atoms with Gasteiger partial charge in [0.05, 0.1) is 6.54 Å². The average molecular weight is 252 g/mol. The number of aromatic nitrogens is 3. The van der Waals surface area contributed by atoms with Crippen molar-refractivity contribution in [1.82, 2.24) is 20.1 Å². The van der Waals surface area contributed by atoms with Crippen LogP contribution < -0.4 is 5.32 Å². The van der Waals surface area contributed by atoms with Gasteiger partial charge in [-0.2, -0.15) is 5.10 Å². The molecule has 1 saturated carbocycles. The fourth-order valence-corrected chi connectivity index (χ4v) is 2.01. The Morgan fingerprint density at radius 1 is 1.61 bits per heavy atom. The summed E-state index contributed by atoms with van der Waals surface area (Å²) in [6.07, 6.45) is 3.53. The van der Waals surface area contributed by atoms with Crippen LogP contribution in [0.15, 0.2) is 6.33 Å². The van der Waals surface area contributed by atoms with Crippen LogP contribution in [-0.4, -0.2) is 31.9 Å². The van der Waals surface area contributed by atoms with Crippen molar-refractivity contribution in [3.05, 3.63) is 12.2 Å². The van der Waals surface area contributed by atoms with Crippen molar-refractivity contribution in [3.8, 4) is 0 Å². The Kier molecular flexibility index (Phi) is 3.96. The molecule has 0 spiro atoms. The van der Waals surface area contributed by atoms with Crippen molar-refractivity contribution in [2.45, 2.75) is 45.8 Å². The third kappa shape index (κ3) is 3.29. The molecule has 1 unspecified atom stereocenters. The third-order valence-electron chi connectivity index (χ3n) is 3.07. The topological polar surface area (TPSA) is 80.0 Å². The smallest absolute Gasteiger partial charge is 0.320 e. The van der Waals surface area contributed by atoms with Crippen LogP contribution in [0, 0.1) is 11.8 Å². The zero-order valence-electron chi connectivity index (χ0n) is 10.8. The summed E-state index contributed by atoms with van der Waals surface area (Å²) < 4.78 is 1.84. The maximum Gasteiger partial charge on any atom is 0.320 e. The molecule has 6 nitrogen and oxygen atoms in total. The summed E-state index contributed by atoms with van der Waals surface area (Å²) in [5, 5.41) is 16.4. The zero-order chi connectivity index (χ0) is 13.1. The summed E-state index contributed by atoms with van der Waals surface area (Å²) >= 11 is 0. The maximum atomic E-state index is 11.1. The lowest BCUT2D eigenvalue weighted by atomic mass is 10.2. The van der Waals surface area contributed by atoms with E-state index in [2.05, 4.69) is 29.2 Å². The molecule has 1 atom stereocenters. The number of hydrogen-bond donors (Lipinski definition) is 2. The lowest BCUT2D eigenvalue weighted by Gasteiger charge is -2.14. The quantitative estimate of drug-likeness (QED) is 0.753. The molecule has 1 fully saturated rings. The molecule has 0 radical (unpaired) electrons. The van der Waals surface area contributed by atoms with Crippen LogP contribution in [0.4, 0.5) is 0 Å². The van der Waals surface area contributed by atoms with Crippen LogP contribution in [0.1, 0.15) is 32.5 Å². The molecular formula is C12H20N4O2. The average Bonchev–Trinajstić information content (AvgIpc) is 3.01. The van der Waals surface area contributed by atoms with E-state index in [9.17, 15) is 4.79 Å². The monoisotopic (exact) mass is 252 g/mol. The van der Waals surface area contributed by atoms with Gasteiger partial charge in [-0.05, 0) is 24.7 Å². The number of carboxylic acid groups (broad SMARTS) is 1. The first-order valence-corrected chi connectivity index (χ1v) is 6.40. The SMILES string of the molecule is CC(C)Cn1ncnc1CNC(C(=O)O)C1CC1. The third-order valence-corrected chi connectivity index (χ3v) is 3.07. The molecule has 0 bridgehead atoms. The van der Waals surface area contributed by atoms with E-state index in [0.29, 0.717) is 12.5 Å². The second kappa shape index (κ2) is 5.48. The standard InChI is InChI=1S/C12H20N4O2/c1-8(2)6-16-10(14-7-15-16)5-13-11(12(17)18)9-3-4-9/h7-9,11,13H,3-6H2,1-2H3,(H,17,18). The van der Waals surface area contributed by atoms with E-state index in [1.807, 2.05) is 4.68 Å². The molecule has 0 aliphatic heterocycles. The van der Waals surface area contributed by atoms with Gasteiger partial charge in [-0.1, -0.05) is 13.8 Å². The Morgan fingerprint density at radius 2 is 2.33 bits per heavy atom. The summed E-state index contributed by atoms with van der Waals surface area (Å²) in [5.41, 5.74) is 0. The normalized spacial score (nSPS) is 17.1. The van der Waals surface area contributed by atoms with Crippen molar-refractivity contribution in [2.75, 3.05) is 0 Å². The highest BCUT2D eigenvalue weighted by Gasteiger charge is 2.35. The van der Waals surface area contributed by atoms with Gasteiger partial charge in [0.15, 0.2) is 0 Å². The van der Waals surface area contributed by atoms with Crippen molar-refractivity contribution < 1.29 is 9.90 Å². The molecule has 2 rings (SSSR count). The highest BCUT2D eigenvalue weighted by Crippen LogP contribution is 2.32. The predicted molar refractivity (Wildman–Crippen MR) is 65.8 cm³/mol. The van der Waals surface area contributed by atoms with E-state index in [1.54, 1.807) is 0 Å². The van der Waals surface area contributed by atoms with Crippen LogP contribution >= 0.6 is 0 Å². The summed E-state index contributed by atoms with van der Waals surface area (Å²) in [6, 6.07) is -0.450. The minimum Gasteiger partial charge on any atom is -0.480 e. The van der Waals surface area contributed by atoms with Gasteiger partial charge in [-0.15, -0.1) is 0 Å². The Balaban J connectivity index is 1.92. The fourth-order valence-electron chi connectivity index (χ4n) is 2.01. The molecule has 18 heavy (non-hydrogen) atoms. The zero-order valence-corrected chi connectivity index (χ0v) is 10.8. The first-order chi connectivity index (χ1) is 8.58.